The van der Waals surface area contributed by atoms with Crippen LogP contribution in [-0.4, -0.2) is 52.9 Å². The molecule has 0 aliphatic carbocycles. The van der Waals surface area contributed by atoms with Gasteiger partial charge >= 0.3 is 0 Å². The SMILES string of the molecule is Cc1[nH]c(-c2ccccc2)cc1C(=O)C(=O)N1CCN(c2cccc(O)c2)CC1. The fraction of sp³-hybridized carbons (Fsp3) is 0.217. The Morgan fingerprint density at radius 1 is 0.931 bits per heavy atom. The average Bonchev–Trinajstić information content (AvgIpc) is 3.15. The highest BCUT2D eigenvalue weighted by Crippen LogP contribution is 2.24. The molecule has 2 N–H and O–H groups in total. The molecule has 2 heterocycles. The van der Waals surface area contributed by atoms with Crippen LogP contribution in [0.1, 0.15) is 16.1 Å². The molecule has 1 aliphatic rings. The maximum absolute atomic E-state index is 12.8. The molecule has 6 nitrogen and oxygen atoms in total. The first kappa shape index (κ1) is 18.8. The number of carbonyl (C=O) groups excluding carboxylic acids is 2. The molecule has 0 radical (unpaired) electrons. The van der Waals surface area contributed by atoms with Gasteiger partial charge in [0.1, 0.15) is 5.75 Å². The van der Waals surface area contributed by atoms with E-state index in [2.05, 4.69) is 9.88 Å². The Labute approximate surface area is 169 Å². The number of H-pyrrole nitrogens is 1. The van der Waals surface area contributed by atoms with E-state index < -0.39 is 11.7 Å². The first-order valence-electron chi connectivity index (χ1n) is 9.65. The number of piperazine rings is 1. The van der Waals surface area contributed by atoms with Gasteiger partial charge in [-0.05, 0) is 30.7 Å². The van der Waals surface area contributed by atoms with Crippen molar-refractivity contribution >= 4 is 17.4 Å². The number of benzene rings is 2. The molecule has 1 saturated heterocycles. The quantitative estimate of drug-likeness (QED) is 0.531. The second kappa shape index (κ2) is 7.83. The number of hydrogen-bond donors (Lipinski definition) is 2. The highest BCUT2D eigenvalue weighted by molar-refractivity contribution is 6.43. The fourth-order valence-corrected chi connectivity index (χ4v) is 3.68. The van der Waals surface area contributed by atoms with Crippen LogP contribution in [0.15, 0.2) is 60.7 Å². The predicted molar refractivity (Wildman–Crippen MR) is 112 cm³/mol. The fourth-order valence-electron chi connectivity index (χ4n) is 3.68. The van der Waals surface area contributed by atoms with Crippen LogP contribution < -0.4 is 4.90 Å². The third-order valence-corrected chi connectivity index (χ3v) is 5.30. The third-order valence-electron chi connectivity index (χ3n) is 5.30. The smallest absolute Gasteiger partial charge is 0.295 e. The van der Waals surface area contributed by atoms with E-state index in [1.807, 2.05) is 43.3 Å². The van der Waals surface area contributed by atoms with E-state index in [0.717, 1.165) is 16.9 Å². The minimum Gasteiger partial charge on any atom is -0.508 e. The van der Waals surface area contributed by atoms with Crippen molar-refractivity contribution in [2.24, 2.45) is 0 Å². The Morgan fingerprint density at radius 2 is 1.66 bits per heavy atom. The lowest BCUT2D eigenvalue weighted by Crippen LogP contribution is -2.50. The maximum Gasteiger partial charge on any atom is 0.295 e. The number of Topliss-reactive ketones (excluding diaryl/α,β-unsaturated/α-hetero) is 1. The van der Waals surface area contributed by atoms with E-state index in [1.54, 1.807) is 29.2 Å². The zero-order valence-corrected chi connectivity index (χ0v) is 16.3. The van der Waals surface area contributed by atoms with E-state index in [9.17, 15) is 14.7 Å². The number of rotatable bonds is 4. The van der Waals surface area contributed by atoms with Gasteiger partial charge in [0, 0.05) is 54.9 Å². The van der Waals surface area contributed by atoms with Crippen molar-refractivity contribution in [1.82, 2.24) is 9.88 Å². The first-order chi connectivity index (χ1) is 14.0. The Kier molecular flexibility index (Phi) is 5.08. The summed E-state index contributed by atoms with van der Waals surface area (Å²) in [6.45, 7) is 3.98. The molecule has 1 aromatic heterocycles. The van der Waals surface area contributed by atoms with E-state index in [1.165, 1.54) is 0 Å². The van der Waals surface area contributed by atoms with Gasteiger partial charge in [0.25, 0.3) is 11.7 Å². The summed E-state index contributed by atoms with van der Waals surface area (Å²) in [5, 5.41) is 9.65. The normalized spacial score (nSPS) is 14.1. The second-order valence-corrected chi connectivity index (χ2v) is 7.22. The maximum atomic E-state index is 12.8. The highest BCUT2D eigenvalue weighted by Gasteiger charge is 2.28. The Morgan fingerprint density at radius 3 is 2.34 bits per heavy atom. The van der Waals surface area contributed by atoms with Crippen LogP contribution in [-0.2, 0) is 4.79 Å². The van der Waals surface area contributed by atoms with Gasteiger partial charge in [-0.2, -0.15) is 0 Å². The van der Waals surface area contributed by atoms with E-state index in [4.69, 9.17) is 0 Å². The molecule has 0 spiro atoms. The number of nitrogens with one attached hydrogen (secondary N) is 1. The Hall–Kier alpha value is -3.54. The molecule has 2 aromatic carbocycles. The van der Waals surface area contributed by atoms with Crippen molar-refractivity contribution in [2.45, 2.75) is 6.92 Å². The molecule has 148 valence electrons. The van der Waals surface area contributed by atoms with Crippen molar-refractivity contribution in [2.75, 3.05) is 31.1 Å². The highest BCUT2D eigenvalue weighted by atomic mass is 16.3. The van der Waals surface area contributed by atoms with Crippen LogP contribution in [0.2, 0.25) is 0 Å². The molecule has 29 heavy (non-hydrogen) atoms. The summed E-state index contributed by atoms with van der Waals surface area (Å²) < 4.78 is 0. The van der Waals surface area contributed by atoms with Crippen molar-refractivity contribution < 1.29 is 14.7 Å². The topological polar surface area (TPSA) is 76.6 Å². The number of aryl methyl sites for hydroxylation is 1. The van der Waals surface area contributed by atoms with E-state index in [0.29, 0.717) is 37.4 Å². The van der Waals surface area contributed by atoms with Crippen molar-refractivity contribution in [3.05, 3.63) is 71.9 Å². The number of aromatic nitrogens is 1. The monoisotopic (exact) mass is 389 g/mol. The number of carbonyl (C=O) groups is 2. The lowest BCUT2D eigenvalue weighted by molar-refractivity contribution is -0.126. The Bertz CT molecular complexity index is 1030. The number of phenols is 1. The van der Waals surface area contributed by atoms with Gasteiger partial charge in [-0.3, -0.25) is 9.59 Å². The van der Waals surface area contributed by atoms with Crippen LogP contribution >= 0.6 is 0 Å². The third kappa shape index (κ3) is 3.87. The predicted octanol–water partition coefficient (Wildman–Crippen LogP) is 3.23. The summed E-state index contributed by atoms with van der Waals surface area (Å²) in [6.07, 6.45) is 0. The standard InChI is InChI=1S/C23H23N3O3/c1-16-20(15-21(24-16)17-6-3-2-4-7-17)22(28)23(29)26-12-10-25(11-13-26)18-8-5-9-19(27)14-18/h2-9,14-15,24,27H,10-13H2,1H3. The number of ketones is 1. The number of amides is 1. The van der Waals surface area contributed by atoms with E-state index in [-0.39, 0.29) is 5.75 Å². The number of nitrogens with zero attached hydrogens (tertiary/aromatic N) is 2. The zero-order chi connectivity index (χ0) is 20.4. The summed E-state index contributed by atoms with van der Waals surface area (Å²) >= 11 is 0. The van der Waals surface area contributed by atoms with Gasteiger partial charge in [0.05, 0.1) is 0 Å². The average molecular weight is 389 g/mol. The molecular formula is C23H23N3O3. The zero-order valence-electron chi connectivity index (χ0n) is 16.3. The number of phenolic OH excluding ortho intramolecular Hbond substituents is 1. The lowest BCUT2D eigenvalue weighted by atomic mass is 10.1. The molecular weight excluding hydrogens is 366 g/mol. The van der Waals surface area contributed by atoms with Crippen molar-refractivity contribution in [3.8, 4) is 17.0 Å². The molecule has 0 bridgehead atoms. The largest absolute Gasteiger partial charge is 0.508 e. The van der Waals surface area contributed by atoms with Gasteiger partial charge in [-0.25, -0.2) is 0 Å². The minimum absolute atomic E-state index is 0.216. The summed E-state index contributed by atoms with van der Waals surface area (Å²) in [5.41, 5.74) is 3.83. The summed E-state index contributed by atoms with van der Waals surface area (Å²) in [5.74, 6) is -0.734. The molecule has 0 unspecified atom stereocenters. The van der Waals surface area contributed by atoms with Crippen LogP contribution in [0.3, 0.4) is 0 Å². The molecule has 1 aliphatic heterocycles. The molecule has 6 heteroatoms. The minimum atomic E-state index is -0.480. The number of aromatic amines is 1. The molecule has 1 fully saturated rings. The second-order valence-electron chi connectivity index (χ2n) is 7.22. The molecule has 3 aromatic rings. The van der Waals surface area contributed by atoms with Crippen molar-refractivity contribution in [3.63, 3.8) is 0 Å². The summed E-state index contributed by atoms with van der Waals surface area (Å²) in [4.78, 5) is 32.6. The van der Waals surface area contributed by atoms with Crippen LogP contribution in [0, 0.1) is 6.92 Å². The van der Waals surface area contributed by atoms with Gasteiger partial charge in [-0.15, -0.1) is 0 Å². The van der Waals surface area contributed by atoms with Crippen LogP contribution in [0.4, 0.5) is 5.69 Å². The molecule has 1 amide bonds. The Balaban J connectivity index is 1.44. The number of hydrogen-bond acceptors (Lipinski definition) is 4. The van der Waals surface area contributed by atoms with Gasteiger partial charge in [-0.1, -0.05) is 36.4 Å². The molecule has 4 rings (SSSR count). The lowest BCUT2D eigenvalue weighted by Gasteiger charge is -2.35. The van der Waals surface area contributed by atoms with Gasteiger partial charge in [0.2, 0.25) is 0 Å². The van der Waals surface area contributed by atoms with Gasteiger partial charge in [0.15, 0.2) is 0 Å². The number of anilines is 1. The first-order valence-corrected chi connectivity index (χ1v) is 9.65. The number of aromatic hydroxyl groups is 1. The van der Waals surface area contributed by atoms with E-state index >= 15 is 0 Å². The summed E-state index contributed by atoms with van der Waals surface area (Å²) in [6, 6.07) is 18.5. The van der Waals surface area contributed by atoms with Crippen LogP contribution in [0.5, 0.6) is 5.75 Å². The molecule has 0 saturated carbocycles. The summed E-state index contributed by atoms with van der Waals surface area (Å²) in [7, 11) is 0. The van der Waals surface area contributed by atoms with Crippen molar-refractivity contribution in [1.29, 1.82) is 0 Å². The van der Waals surface area contributed by atoms with Gasteiger partial charge < -0.3 is 19.9 Å². The molecule has 0 atom stereocenters. The van der Waals surface area contributed by atoms with Crippen LogP contribution in [0.25, 0.3) is 11.3 Å².